The molecule has 26 heavy (non-hydrogen) atoms. The number of rotatable bonds is 9. The highest BCUT2D eigenvalue weighted by Gasteiger charge is 2.08. The van der Waals surface area contributed by atoms with Crippen molar-refractivity contribution in [2.45, 2.75) is 6.92 Å². The maximum absolute atomic E-state index is 11.9. The Bertz CT molecular complexity index is 761. The quantitative estimate of drug-likeness (QED) is 0.551. The van der Waals surface area contributed by atoms with E-state index >= 15 is 0 Å². The van der Waals surface area contributed by atoms with E-state index in [0.717, 1.165) is 0 Å². The highest BCUT2D eigenvalue weighted by Crippen LogP contribution is 2.29. The molecule has 0 unspecified atom stereocenters. The Morgan fingerprint density at radius 3 is 2.35 bits per heavy atom. The highest BCUT2D eigenvalue weighted by molar-refractivity contribution is 5.86. The summed E-state index contributed by atoms with van der Waals surface area (Å²) in [7, 11) is 3.09. The molecule has 2 aromatic rings. The van der Waals surface area contributed by atoms with Gasteiger partial charge in [-0.1, -0.05) is 18.2 Å². The molecule has 7 nitrogen and oxygen atoms in total. The smallest absolute Gasteiger partial charge is 0.277 e. The first-order chi connectivity index (χ1) is 12.7. The normalized spacial score (nSPS) is 10.4. The summed E-state index contributed by atoms with van der Waals surface area (Å²) >= 11 is 0. The molecule has 0 aliphatic heterocycles. The molecule has 1 N–H and O–H groups in total. The molecule has 0 aromatic heterocycles. The van der Waals surface area contributed by atoms with Crippen LogP contribution in [0, 0.1) is 0 Å². The van der Waals surface area contributed by atoms with Crippen molar-refractivity contribution in [2.24, 2.45) is 5.10 Å². The summed E-state index contributed by atoms with van der Waals surface area (Å²) < 4.78 is 21.4. The number of ether oxygens (including phenoxy) is 4. The van der Waals surface area contributed by atoms with Crippen molar-refractivity contribution < 1.29 is 23.7 Å². The third-order valence-electron chi connectivity index (χ3n) is 3.33. The maximum Gasteiger partial charge on any atom is 0.277 e. The molecule has 0 fully saturated rings. The summed E-state index contributed by atoms with van der Waals surface area (Å²) in [6.45, 7) is 2.21. The van der Waals surface area contributed by atoms with Gasteiger partial charge in [0.25, 0.3) is 5.91 Å². The lowest BCUT2D eigenvalue weighted by molar-refractivity contribution is -0.123. The lowest BCUT2D eigenvalue weighted by atomic mass is 10.2. The van der Waals surface area contributed by atoms with Crippen LogP contribution < -0.4 is 24.4 Å². The van der Waals surface area contributed by atoms with Crippen LogP contribution in [0.25, 0.3) is 0 Å². The van der Waals surface area contributed by atoms with Crippen LogP contribution in [0.15, 0.2) is 47.6 Å². The van der Waals surface area contributed by atoms with Crippen molar-refractivity contribution in [3.63, 3.8) is 0 Å². The van der Waals surface area contributed by atoms with E-state index in [2.05, 4.69) is 10.5 Å². The Labute approximate surface area is 152 Å². The number of hydrogen-bond acceptors (Lipinski definition) is 6. The standard InChI is InChI=1S/C19H22N2O5/c1-4-25-15-9-5-6-10-16(15)26-13-18(22)21-20-12-14-8-7-11-17(23-2)19(14)24-3/h5-12H,4,13H2,1-3H3,(H,21,22)/b20-12-. The second-order valence-corrected chi connectivity index (χ2v) is 5.04. The molecule has 2 aromatic carbocycles. The van der Waals surface area contributed by atoms with Crippen LogP contribution in [0.4, 0.5) is 0 Å². The first-order valence-corrected chi connectivity index (χ1v) is 8.07. The fraction of sp³-hybridized carbons (Fsp3) is 0.263. The minimum Gasteiger partial charge on any atom is -0.493 e. The SMILES string of the molecule is CCOc1ccccc1OCC(=O)N/N=C\c1cccc(OC)c1OC. The van der Waals surface area contributed by atoms with Crippen molar-refractivity contribution in [2.75, 3.05) is 27.4 Å². The Morgan fingerprint density at radius 2 is 1.69 bits per heavy atom. The van der Waals surface area contributed by atoms with E-state index in [0.29, 0.717) is 35.2 Å². The number of para-hydroxylation sites is 3. The van der Waals surface area contributed by atoms with Gasteiger partial charge in [0.2, 0.25) is 0 Å². The second kappa shape index (κ2) is 9.93. The molecular formula is C19H22N2O5. The van der Waals surface area contributed by atoms with Crippen LogP contribution in [-0.2, 0) is 4.79 Å². The van der Waals surface area contributed by atoms with Gasteiger partial charge in [0, 0.05) is 5.56 Å². The molecule has 0 aliphatic carbocycles. The first-order valence-electron chi connectivity index (χ1n) is 8.07. The van der Waals surface area contributed by atoms with Gasteiger partial charge in [-0.2, -0.15) is 5.10 Å². The summed E-state index contributed by atoms with van der Waals surface area (Å²) in [6, 6.07) is 12.5. The lowest BCUT2D eigenvalue weighted by Gasteiger charge is -2.11. The van der Waals surface area contributed by atoms with Crippen LogP contribution in [0.1, 0.15) is 12.5 Å². The van der Waals surface area contributed by atoms with Gasteiger partial charge in [-0.3, -0.25) is 4.79 Å². The predicted molar refractivity (Wildman–Crippen MR) is 98.4 cm³/mol. The molecule has 0 radical (unpaired) electrons. The zero-order valence-corrected chi connectivity index (χ0v) is 15.0. The molecule has 0 saturated heterocycles. The van der Waals surface area contributed by atoms with Gasteiger partial charge in [0.15, 0.2) is 29.6 Å². The summed E-state index contributed by atoms with van der Waals surface area (Å²) in [6.07, 6.45) is 1.48. The number of carbonyl (C=O) groups excluding carboxylic acids is 1. The molecule has 1 amide bonds. The number of carbonyl (C=O) groups is 1. The van der Waals surface area contributed by atoms with Crippen LogP contribution >= 0.6 is 0 Å². The van der Waals surface area contributed by atoms with Gasteiger partial charge in [-0.15, -0.1) is 0 Å². The minimum atomic E-state index is -0.394. The molecule has 2 rings (SSSR count). The average Bonchev–Trinajstić information content (AvgIpc) is 2.67. The number of hydrazone groups is 1. The van der Waals surface area contributed by atoms with Gasteiger partial charge in [0.1, 0.15) is 0 Å². The van der Waals surface area contributed by atoms with Crippen molar-refractivity contribution in [3.05, 3.63) is 48.0 Å². The van der Waals surface area contributed by atoms with E-state index in [9.17, 15) is 4.79 Å². The number of amides is 1. The zero-order chi connectivity index (χ0) is 18.8. The third-order valence-corrected chi connectivity index (χ3v) is 3.33. The summed E-state index contributed by atoms with van der Waals surface area (Å²) in [5.74, 6) is 1.82. The topological polar surface area (TPSA) is 78.4 Å². The van der Waals surface area contributed by atoms with E-state index in [4.69, 9.17) is 18.9 Å². The minimum absolute atomic E-state index is 0.184. The highest BCUT2D eigenvalue weighted by atomic mass is 16.5. The van der Waals surface area contributed by atoms with Crippen molar-refractivity contribution in [1.29, 1.82) is 0 Å². The Balaban J connectivity index is 1.92. The van der Waals surface area contributed by atoms with Crippen LogP contribution in [0.2, 0.25) is 0 Å². The molecule has 0 saturated carbocycles. The maximum atomic E-state index is 11.9. The van der Waals surface area contributed by atoms with E-state index < -0.39 is 5.91 Å². The molecule has 0 heterocycles. The van der Waals surface area contributed by atoms with Crippen molar-refractivity contribution in [1.82, 2.24) is 5.43 Å². The number of nitrogens with zero attached hydrogens (tertiary/aromatic N) is 1. The molecule has 7 heteroatoms. The van der Waals surface area contributed by atoms with Gasteiger partial charge in [0.05, 0.1) is 27.0 Å². The van der Waals surface area contributed by atoms with Gasteiger partial charge in [-0.05, 0) is 31.2 Å². The second-order valence-electron chi connectivity index (χ2n) is 5.04. The number of methoxy groups -OCH3 is 2. The van der Waals surface area contributed by atoms with Gasteiger partial charge < -0.3 is 18.9 Å². The fourth-order valence-corrected chi connectivity index (χ4v) is 2.21. The predicted octanol–water partition coefficient (Wildman–Crippen LogP) is 2.63. The van der Waals surface area contributed by atoms with E-state index in [1.54, 1.807) is 37.4 Å². The Morgan fingerprint density at radius 1 is 1.00 bits per heavy atom. The van der Waals surface area contributed by atoms with Crippen LogP contribution in [0.5, 0.6) is 23.0 Å². The van der Waals surface area contributed by atoms with E-state index in [1.807, 2.05) is 19.1 Å². The average molecular weight is 358 g/mol. The summed E-state index contributed by atoms with van der Waals surface area (Å²) in [5.41, 5.74) is 3.09. The zero-order valence-electron chi connectivity index (χ0n) is 15.0. The van der Waals surface area contributed by atoms with E-state index in [-0.39, 0.29) is 6.61 Å². The molecule has 0 atom stereocenters. The molecule has 0 aliphatic rings. The van der Waals surface area contributed by atoms with E-state index in [1.165, 1.54) is 13.3 Å². The lowest BCUT2D eigenvalue weighted by Crippen LogP contribution is -2.24. The summed E-state index contributed by atoms with van der Waals surface area (Å²) in [5, 5.41) is 3.93. The number of hydrogen-bond donors (Lipinski definition) is 1. The Kier molecular flexibility index (Phi) is 7.30. The van der Waals surface area contributed by atoms with Crippen molar-refractivity contribution >= 4 is 12.1 Å². The van der Waals surface area contributed by atoms with Gasteiger partial charge >= 0.3 is 0 Å². The Hall–Kier alpha value is -3.22. The molecule has 0 spiro atoms. The fourth-order valence-electron chi connectivity index (χ4n) is 2.21. The van der Waals surface area contributed by atoms with Crippen molar-refractivity contribution in [3.8, 4) is 23.0 Å². The number of benzene rings is 2. The molecule has 138 valence electrons. The van der Waals surface area contributed by atoms with Gasteiger partial charge in [-0.25, -0.2) is 5.43 Å². The monoisotopic (exact) mass is 358 g/mol. The largest absolute Gasteiger partial charge is 0.493 e. The molecular weight excluding hydrogens is 336 g/mol. The first kappa shape index (κ1) is 19.1. The molecule has 0 bridgehead atoms. The van der Waals surface area contributed by atoms with Crippen LogP contribution in [-0.4, -0.2) is 39.6 Å². The van der Waals surface area contributed by atoms with Crippen LogP contribution in [0.3, 0.4) is 0 Å². The number of nitrogens with one attached hydrogen (secondary N) is 1. The third kappa shape index (κ3) is 5.14. The summed E-state index contributed by atoms with van der Waals surface area (Å²) in [4.78, 5) is 11.9.